The van der Waals surface area contributed by atoms with E-state index >= 15 is 0 Å². The number of ether oxygens (including phenoxy) is 2. The molecule has 1 N–H and O–H groups in total. The van der Waals surface area contributed by atoms with Crippen LogP contribution in [0.2, 0.25) is 5.02 Å². The molecule has 4 aromatic carbocycles. The Kier molecular flexibility index (Phi) is 6.79. The van der Waals surface area contributed by atoms with Crippen LogP contribution in [-0.4, -0.2) is 41.4 Å². The summed E-state index contributed by atoms with van der Waals surface area (Å²) < 4.78 is 10.5. The number of hydrogen-bond acceptors (Lipinski definition) is 6. The Hall–Kier alpha value is -4.36. The number of phenolic OH excluding ortho intramolecular Hbond substituents is 1. The van der Waals surface area contributed by atoms with Gasteiger partial charge in [-0.05, 0) is 58.3 Å². The highest BCUT2D eigenvalue weighted by Crippen LogP contribution is 2.34. The maximum absolute atomic E-state index is 13.3. The molecule has 1 atom stereocenters. The van der Waals surface area contributed by atoms with Crippen molar-refractivity contribution in [3.05, 3.63) is 107 Å². The number of benzene rings is 4. The van der Waals surface area contributed by atoms with Gasteiger partial charge in [0.2, 0.25) is 0 Å². The fourth-order valence-corrected chi connectivity index (χ4v) is 4.48. The van der Waals surface area contributed by atoms with E-state index < -0.39 is 24.5 Å². The number of carbonyl (C=O) groups excluding carboxylic acids is 2. The van der Waals surface area contributed by atoms with E-state index in [-0.39, 0.29) is 16.3 Å². The van der Waals surface area contributed by atoms with E-state index in [0.717, 1.165) is 27.6 Å². The van der Waals surface area contributed by atoms with Gasteiger partial charge in [-0.3, -0.25) is 4.79 Å². The monoisotopic (exact) mass is 514 g/mol. The topological polar surface area (TPSA) is 88.4 Å². The Balaban J connectivity index is 1.41. The van der Waals surface area contributed by atoms with Crippen LogP contribution in [0.3, 0.4) is 0 Å². The van der Waals surface area contributed by atoms with Gasteiger partial charge in [0.25, 0.3) is 5.91 Å². The minimum absolute atomic E-state index is 0.117. The van der Waals surface area contributed by atoms with Crippen molar-refractivity contribution >= 4 is 40.0 Å². The van der Waals surface area contributed by atoms with Crippen LogP contribution in [0, 0.1) is 0 Å². The lowest BCUT2D eigenvalue weighted by Gasteiger charge is -2.22. The molecule has 0 aromatic heterocycles. The molecule has 1 amide bonds. The smallest absolute Gasteiger partial charge is 0.342 e. The Morgan fingerprint density at radius 3 is 2.51 bits per heavy atom. The fourth-order valence-electron chi connectivity index (χ4n) is 4.31. The lowest BCUT2D eigenvalue weighted by molar-refractivity contribution is -0.136. The minimum Gasteiger partial charge on any atom is -0.507 e. The molecule has 37 heavy (non-hydrogen) atoms. The van der Waals surface area contributed by atoms with Gasteiger partial charge in [-0.25, -0.2) is 9.80 Å². The second-order valence-electron chi connectivity index (χ2n) is 8.58. The SMILES string of the molecule is COc1ccc(C2CC(c3ccc4ccccc4c3)=NN2C(=O)COC(=O)c2cc(Cl)ccc2O)cc1. The summed E-state index contributed by atoms with van der Waals surface area (Å²) in [4.78, 5) is 25.8. The van der Waals surface area contributed by atoms with Crippen LogP contribution in [0.4, 0.5) is 0 Å². The molecule has 5 rings (SSSR count). The molecule has 186 valence electrons. The molecule has 1 aliphatic heterocycles. The molecule has 1 heterocycles. The molecule has 0 bridgehead atoms. The van der Waals surface area contributed by atoms with Gasteiger partial charge in [0.1, 0.15) is 17.1 Å². The van der Waals surface area contributed by atoms with Crippen molar-refractivity contribution in [2.24, 2.45) is 5.10 Å². The molecule has 0 fully saturated rings. The van der Waals surface area contributed by atoms with Crippen molar-refractivity contribution in [2.75, 3.05) is 13.7 Å². The molecule has 0 saturated carbocycles. The van der Waals surface area contributed by atoms with Crippen LogP contribution in [0.25, 0.3) is 10.8 Å². The van der Waals surface area contributed by atoms with Gasteiger partial charge in [0.15, 0.2) is 6.61 Å². The Labute approximate surface area is 218 Å². The van der Waals surface area contributed by atoms with E-state index in [1.54, 1.807) is 7.11 Å². The number of hydrazone groups is 1. The Morgan fingerprint density at radius 2 is 1.76 bits per heavy atom. The summed E-state index contributed by atoms with van der Waals surface area (Å²) in [5, 5.41) is 18.4. The zero-order valence-electron chi connectivity index (χ0n) is 19.9. The predicted molar refractivity (Wildman–Crippen MR) is 141 cm³/mol. The first-order valence-electron chi connectivity index (χ1n) is 11.6. The first-order valence-corrected chi connectivity index (χ1v) is 12.0. The van der Waals surface area contributed by atoms with Gasteiger partial charge in [0, 0.05) is 11.4 Å². The second kappa shape index (κ2) is 10.3. The average Bonchev–Trinajstić information content (AvgIpc) is 3.38. The zero-order valence-corrected chi connectivity index (χ0v) is 20.7. The van der Waals surface area contributed by atoms with E-state index in [1.165, 1.54) is 23.2 Å². The minimum atomic E-state index is -0.854. The molecule has 7 nitrogen and oxygen atoms in total. The second-order valence-corrected chi connectivity index (χ2v) is 9.01. The van der Waals surface area contributed by atoms with Gasteiger partial charge in [-0.1, -0.05) is 60.1 Å². The van der Waals surface area contributed by atoms with Gasteiger partial charge in [-0.15, -0.1) is 0 Å². The number of fused-ring (bicyclic) bond motifs is 1. The van der Waals surface area contributed by atoms with E-state index in [2.05, 4.69) is 11.2 Å². The van der Waals surface area contributed by atoms with Crippen LogP contribution in [0.1, 0.15) is 33.9 Å². The number of amides is 1. The quantitative estimate of drug-likeness (QED) is 0.331. The average molecular weight is 515 g/mol. The van der Waals surface area contributed by atoms with Crippen molar-refractivity contribution in [1.29, 1.82) is 0 Å². The van der Waals surface area contributed by atoms with Gasteiger partial charge >= 0.3 is 5.97 Å². The molecule has 0 radical (unpaired) electrons. The maximum atomic E-state index is 13.3. The number of aromatic hydroxyl groups is 1. The van der Waals surface area contributed by atoms with Crippen LogP contribution in [0.15, 0.2) is 90.0 Å². The highest BCUT2D eigenvalue weighted by molar-refractivity contribution is 6.31. The summed E-state index contributed by atoms with van der Waals surface area (Å²) in [6.07, 6.45) is 0.486. The Bertz CT molecular complexity index is 1520. The third-order valence-corrected chi connectivity index (χ3v) is 6.49. The molecule has 1 aliphatic rings. The lowest BCUT2D eigenvalue weighted by Crippen LogP contribution is -2.31. The number of halogens is 1. The van der Waals surface area contributed by atoms with Crippen molar-refractivity contribution in [3.8, 4) is 11.5 Å². The number of methoxy groups -OCH3 is 1. The number of carbonyl (C=O) groups is 2. The third kappa shape index (κ3) is 5.13. The molecule has 4 aromatic rings. The van der Waals surface area contributed by atoms with Crippen LogP contribution >= 0.6 is 11.6 Å². The summed E-state index contributed by atoms with van der Waals surface area (Å²) >= 11 is 5.93. The molecule has 0 spiro atoms. The first kappa shape index (κ1) is 24.3. The summed E-state index contributed by atoms with van der Waals surface area (Å²) in [6, 6.07) is 25.2. The van der Waals surface area contributed by atoms with E-state index in [4.69, 9.17) is 21.1 Å². The van der Waals surface area contributed by atoms with Crippen molar-refractivity contribution in [2.45, 2.75) is 12.5 Å². The van der Waals surface area contributed by atoms with E-state index in [9.17, 15) is 14.7 Å². The van der Waals surface area contributed by atoms with E-state index in [1.807, 2.05) is 60.7 Å². The van der Waals surface area contributed by atoms with Crippen molar-refractivity contribution in [1.82, 2.24) is 5.01 Å². The molecule has 0 aliphatic carbocycles. The van der Waals surface area contributed by atoms with Gasteiger partial charge in [0.05, 0.1) is 18.9 Å². The lowest BCUT2D eigenvalue weighted by atomic mass is 9.97. The highest BCUT2D eigenvalue weighted by Gasteiger charge is 2.34. The number of hydrogen-bond donors (Lipinski definition) is 1. The standard InChI is InChI=1S/C29H23ClN2O5/c1-36-23-11-8-19(9-12-23)26-16-25(21-7-6-18-4-2-3-5-20(18)14-21)31-32(26)28(34)17-37-29(35)24-15-22(30)10-13-27(24)33/h2-15,26,33H,16-17H2,1H3. The van der Waals surface area contributed by atoms with Crippen LogP contribution in [-0.2, 0) is 9.53 Å². The predicted octanol–water partition coefficient (Wildman–Crippen LogP) is 5.74. The summed E-state index contributed by atoms with van der Waals surface area (Å²) in [5.41, 5.74) is 2.41. The number of rotatable bonds is 6. The molecule has 0 saturated heterocycles. The van der Waals surface area contributed by atoms with E-state index in [0.29, 0.717) is 12.2 Å². The van der Waals surface area contributed by atoms with Crippen molar-refractivity contribution < 1.29 is 24.2 Å². The van der Waals surface area contributed by atoms with Crippen LogP contribution < -0.4 is 4.74 Å². The first-order chi connectivity index (χ1) is 17.9. The van der Waals surface area contributed by atoms with Gasteiger partial charge in [-0.2, -0.15) is 5.10 Å². The molecular weight excluding hydrogens is 492 g/mol. The highest BCUT2D eigenvalue weighted by atomic mass is 35.5. The molecule has 8 heteroatoms. The molecule has 1 unspecified atom stereocenters. The van der Waals surface area contributed by atoms with Crippen LogP contribution in [0.5, 0.6) is 11.5 Å². The number of nitrogens with zero attached hydrogens (tertiary/aromatic N) is 2. The summed E-state index contributed by atoms with van der Waals surface area (Å²) in [6.45, 7) is -0.550. The fraction of sp³-hybridized carbons (Fsp3) is 0.138. The maximum Gasteiger partial charge on any atom is 0.342 e. The van der Waals surface area contributed by atoms with Gasteiger partial charge < -0.3 is 14.6 Å². The molecular formula is C29H23ClN2O5. The Morgan fingerprint density at radius 1 is 1.00 bits per heavy atom. The summed E-state index contributed by atoms with van der Waals surface area (Å²) in [7, 11) is 1.59. The normalized spacial score (nSPS) is 14.9. The largest absolute Gasteiger partial charge is 0.507 e. The zero-order chi connectivity index (χ0) is 25.9. The number of esters is 1. The third-order valence-electron chi connectivity index (χ3n) is 6.25. The number of phenols is 1. The summed E-state index contributed by atoms with van der Waals surface area (Å²) in [5.74, 6) is -0.931. The van der Waals surface area contributed by atoms with Crippen molar-refractivity contribution in [3.63, 3.8) is 0 Å².